The molecule has 4 aromatic rings. The molecular formula is C28H26F6N4O. The second-order valence-electron chi connectivity index (χ2n) is 9.18. The van der Waals surface area contributed by atoms with E-state index in [2.05, 4.69) is 15.2 Å². The average molecular weight is 549 g/mol. The van der Waals surface area contributed by atoms with Crippen molar-refractivity contribution in [2.75, 3.05) is 7.05 Å². The first-order chi connectivity index (χ1) is 18.4. The molecule has 5 nitrogen and oxygen atoms in total. The Bertz CT molecular complexity index is 1270. The number of alkyl halides is 6. The van der Waals surface area contributed by atoms with Gasteiger partial charge in [0.05, 0.1) is 24.3 Å². The van der Waals surface area contributed by atoms with Crippen molar-refractivity contribution in [3.63, 3.8) is 0 Å². The summed E-state index contributed by atoms with van der Waals surface area (Å²) in [5.74, 6) is 0.507. The highest BCUT2D eigenvalue weighted by molar-refractivity contribution is 5.39. The lowest BCUT2D eigenvalue weighted by atomic mass is 9.79. The van der Waals surface area contributed by atoms with Crippen LogP contribution < -0.4 is 0 Å². The zero-order valence-corrected chi connectivity index (χ0v) is 21.1. The van der Waals surface area contributed by atoms with E-state index in [1.165, 1.54) is 6.33 Å². The number of aromatic amines is 1. The zero-order valence-electron chi connectivity index (χ0n) is 21.1. The molecule has 0 fully saturated rings. The molecular weight excluding hydrogens is 522 g/mol. The van der Waals surface area contributed by atoms with Crippen molar-refractivity contribution in [3.8, 4) is 0 Å². The van der Waals surface area contributed by atoms with Crippen molar-refractivity contribution in [1.29, 1.82) is 0 Å². The highest BCUT2D eigenvalue weighted by atomic mass is 19.4. The van der Waals surface area contributed by atoms with Gasteiger partial charge < -0.3 is 4.74 Å². The Morgan fingerprint density at radius 1 is 0.795 bits per heavy atom. The smallest absolute Gasteiger partial charge is 0.359 e. The Kier molecular flexibility index (Phi) is 8.12. The first-order valence-electron chi connectivity index (χ1n) is 12.0. The number of aromatic nitrogens is 3. The van der Waals surface area contributed by atoms with Crippen LogP contribution in [0.15, 0.2) is 85.2 Å². The van der Waals surface area contributed by atoms with Gasteiger partial charge in [0.1, 0.15) is 11.9 Å². The molecule has 0 aliphatic heterocycles. The van der Waals surface area contributed by atoms with E-state index in [1.54, 1.807) is 24.3 Å². The predicted molar refractivity (Wildman–Crippen MR) is 132 cm³/mol. The number of rotatable bonds is 9. The fraction of sp³-hybridized carbons (Fsp3) is 0.286. The quantitative estimate of drug-likeness (QED) is 0.233. The van der Waals surface area contributed by atoms with Gasteiger partial charge in [0, 0.05) is 6.04 Å². The van der Waals surface area contributed by atoms with Crippen LogP contribution in [-0.4, -0.2) is 33.2 Å². The minimum absolute atomic E-state index is 0.110. The van der Waals surface area contributed by atoms with Gasteiger partial charge in [-0.25, -0.2) is 4.98 Å². The van der Waals surface area contributed by atoms with Crippen LogP contribution in [0.3, 0.4) is 0 Å². The molecule has 1 atom stereocenters. The van der Waals surface area contributed by atoms with Crippen molar-refractivity contribution in [2.45, 2.75) is 44.1 Å². The molecule has 0 radical (unpaired) electrons. The van der Waals surface area contributed by atoms with Crippen molar-refractivity contribution in [3.05, 3.63) is 119 Å². The molecule has 1 aromatic heterocycles. The molecule has 206 valence electrons. The normalized spacial score (nSPS) is 13.6. The van der Waals surface area contributed by atoms with Crippen LogP contribution >= 0.6 is 0 Å². The lowest BCUT2D eigenvalue weighted by molar-refractivity contribution is -0.143. The van der Waals surface area contributed by atoms with Gasteiger partial charge in [-0.1, -0.05) is 60.7 Å². The van der Waals surface area contributed by atoms with E-state index in [0.717, 1.165) is 0 Å². The molecule has 0 bridgehead atoms. The Balaban J connectivity index is 1.82. The number of likely N-dealkylation sites (N-methyl/N-ethyl adjacent to an activating group) is 1. The van der Waals surface area contributed by atoms with Crippen LogP contribution in [0.2, 0.25) is 0 Å². The van der Waals surface area contributed by atoms with Crippen LogP contribution in [0, 0.1) is 0 Å². The van der Waals surface area contributed by atoms with Crippen molar-refractivity contribution in [1.82, 2.24) is 20.1 Å². The summed E-state index contributed by atoms with van der Waals surface area (Å²) >= 11 is 0. The summed E-state index contributed by atoms with van der Waals surface area (Å²) in [4.78, 5) is 6.08. The summed E-state index contributed by atoms with van der Waals surface area (Å²) in [6, 6.07) is 19.1. The largest absolute Gasteiger partial charge is 0.416 e. The van der Waals surface area contributed by atoms with Crippen molar-refractivity contribution >= 4 is 0 Å². The van der Waals surface area contributed by atoms with Gasteiger partial charge in [0.2, 0.25) is 0 Å². The molecule has 3 aromatic carbocycles. The van der Waals surface area contributed by atoms with E-state index in [9.17, 15) is 26.3 Å². The highest BCUT2D eigenvalue weighted by Gasteiger charge is 2.44. The van der Waals surface area contributed by atoms with Gasteiger partial charge in [-0.05, 0) is 48.9 Å². The van der Waals surface area contributed by atoms with Crippen LogP contribution in [-0.2, 0) is 35.8 Å². The van der Waals surface area contributed by atoms with Crippen LogP contribution in [0.4, 0.5) is 26.3 Å². The SMILES string of the molecule is CC(N(C)Cc1nc[nH]n1)C(OCc1cc(C(F)(F)F)cc(C(F)(F)F)c1)(c1ccccc1)c1ccccc1. The number of ether oxygens (including phenoxy) is 1. The number of halogens is 6. The summed E-state index contributed by atoms with van der Waals surface area (Å²) < 4.78 is 87.7. The summed E-state index contributed by atoms with van der Waals surface area (Å²) in [6.07, 6.45) is -8.48. The lowest BCUT2D eigenvalue weighted by Crippen LogP contribution is -2.50. The molecule has 0 saturated carbocycles. The van der Waals surface area contributed by atoms with Gasteiger partial charge in [0.25, 0.3) is 0 Å². The Morgan fingerprint density at radius 2 is 1.31 bits per heavy atom. The standard InChI is InChI=1S/C28H26F6N4O/c1-19(38(2)16-25-35-18-36-37-25)26(21-9-5-3-6-10-21,22-11-7-4-8-12-22)39-17-20-13-23(27(29,30)31)15-24(14-20)28(32,33)34/h3-15,18-19H,16-17H2,1-2H3,(H,35,36,37). The molecule has 0 spiro atoms. The second kappa shape index (κ2) is 11.2. The molecule has 0 saturated heterocycles. The first kappa shape index (κ1) is 28.3. The van der Waals surface area contributed by atoms with E-state index in [0.29, 0.717) is 35.6 Å². The van der Waals surface area contributed by atoms with Crippen molar-refractivity contribution in [2.24, 2.45) is 0 Å². The molecule has 11 heteroatoms. The predicted octanol–water partition coefficient (Wildman–Crippen LogP) is 6.82. The second-order valence-corrected chi connectivity index (χ2v) is 9.18. The maximum Gasteiger partial charge on any atom is 0.416 e. The van der Waals surface area contributed by atoms with E-state index >= 15 is 0 Å². The fourth-order valence-corrected chi connectivity index (χ4v) is 4.59. The first-order valence-corrected chi connectivity index (χ1v) is 12.0. The topological polar surface area (TPSA) is 54.0 Å². The van der Waals surface area contributed by atoms with Crippen LogP contribution in [0.5, 0.6) is 0 Å². The van der Waals surface area contributed by atoms with Gasteiger partial charge in [-0.15, -0.1) is 0 Å². The number of benzene rings is 3. The van der Waals surface area contributed by atoms with Gasteiger partial charge in [-0.2, -0.15) is 31.4 Å². The monoisotopic (exact) mass is 548 g/mol. The van der Waals surface area contributed by atoms with Gasteiger partial charge >= 0.3 is 12.4 Å². The lowest BCUT2D eigenvalue weighted by Gasteiger charge is -2.44. The van der Waals surface area contributed by atoms with E-state index in [1.807, 2.05) is 55.3 Å². The summed E-state index contributed by atoms with van der Waals surface area (Å²) in [5.41, 5.74) is -2.98. The fourth-order valence-electron chi connectivity index (χ4n) is 4.59. The minimum Gasteiger partial charge on any atom is -0.359 e. The van der Waals surface area contributed by atoms with E-state index in [-0.39, 0.29) is 11.6 Å². The third kappa shape index (κ3) is 6.31. The third-order valence-corrected chi connectivity index (χ3v) is 6.62. The summed E-state index contributed by atoms with van der Waals surface area (Å²) in [5, 5.41) is 6.75. The van der Waals surface area contributed by atoms with Crippen LogP contribution in [0.25, 0.3) is 0 Å². The maximum absolute atomic E-state index is 13.5. The van der Waals surface area contributed by atoms with E-state index < -0.39 is 41.7 Å². The molecule has 1 heterocycles. The Morgan fingerprint density at radius 3 is 1.74 bits per heavy atom. The third-order valence-electron chi connectivity index (χ3n) is 6.62. The molecule has 1 N–H and O–H groups in total. The Labute approximate surface area is 221 Å². The number of hydrogen-bond donors (Lipinski definition) is 1. The maximum atomic E-state index is 13.5. The number of H-pyrrole nitrogens is 1. The average Bonchev–Trinajstić information content (AvgIpc) is 3.42. The summed E-state index contributed by atoms with van der Waals surface area (Å²) in [6.45, 7) is 1.66. The molecule has 0 aliphatic carbocycles. The number of hydrogen-bond acceptors (Lipinski definition) is 4. The van der Waals surface area contributed by atoms with E-state index in [4.69, 9.17) is 4.74 Å². The molecule has 1 unspecified atom stereocenters. The molecule has 0 amide bonds. The minimum atomic E-state index is -4.96. The van der Waals surface area contributed by atoms with Crippen LogP contribution in [0.1, 0.15) is 40.6 Å². The van der Waals surface area contributed by atoms with Crippen molar-refractivity contribution < 1.29 is 31.1 Å². The van der Waals surface area contributed by atoms with Gasteiger partial charge in [-0.3, -0.25) is 10.00 Å². The van der Waals surface area contributed by atoms with Gasteiger partial charge in [0.15, 0.2) is 5.82 Å². The Hall–Kier alpha value is -3.70. The molecule has 0 aliphatic rings. The zero-order chi connectivity index (χ0) is 28.3. The molecule has 39 heavy (non-hydrogen) atoms. The highest BCUT2D eigenvalue weighted by Crippen LogP contribution is 2.41. The number of nitrogens with one attached hydrogen (secondary N) is 1. The summed E-state index contributed by atoms with van der Waals surface area (Å²) in [7, 11) is 1.82. The number of nitrogens with zero attached hydrogens (tertiary/aromatic N) is 3. The molecule has 4 rings (SSSR count).